The first-order valence-corrected chi connectivity index (χ1v) is 7.41. The molecule has 0 spiro atoms. The Morgan fingerprint density at radius 3 is 2.39 bits per heavy atom. The fraction of sp³-hybridized carbons (Fsp3) is 0.933. The van der Waals surface area contributed by atoms with Crippen LogP contribution in [0, 0.1) is 17.8 Å². The molecule has 2 aliphatic rings. The highest BCUT2D eigenvalue weighted by Crippen LogP contribution is 2.36. The Balaban J connectivity index is 1.96. The second-order valence-electron chi connectivity index (χ2n) is 6.86. The van der Waals surface area contributed by atoms with E-state index < -0.39 is 0 Å². The zero-order valence-electron chi connectivity index (χ0n) is 12.0. The van der Waals surface area contributed by atoms with Crippen LogP contribution >= 0.6 is 0 Å². The zero-order chi connectivity index (χ0) is 13.2. The quantitative estimate of drug-likeness (QED) is 0.769. The normalized spacial score (nSPS) is 30.4. The molecule has 0 aromatic rings. The van der Waals surface area contributed by atoms with E-state index in [4.69, 9.17) is 4.74 Å². The van der Waals surface area contributed by atoms with Gasteiger partial charge in [0.1, 0.15) is 5.60 Å². The second-order valence-corrected chi connectivity index (χ2v) is 6.86. The lowest BCUT2D eigenvalue weighted by molar-refractivity contribution is -0.161. The van der Waals surface area contributed by atoms with Crippen molar-refractivity contribution < 1.29 is 9.53 Å². The summed E-state index contributed by atoms with van der Waals surface area (Å²) in [6.07, 6.45) is 6.63. The molecular weight excluding hydrogens is 226 g/mol. The van der Waals surface area contributed by atoms with Gasteiger partial charge in [0.2, 0.25) is 0 Å². The minimum Gasteiger partial charge on any atom is -0.460 e. The number of esters is 1. The lowest BCUT2D eigenvalue weighted by Crippen LogP contribution is -2.35. The lowest BCUT2D eigenvalue weighted by atomic mass is 9.75. The van der Waals surface area contributed by atoms with Crippen LogP contribution in [0.1, 0.15) is 52.9 Å². The third kappa shape index (κ3) is 3.47. The Morgan fingerprint density at radius 1 is 1.11 bits per heavy atom. The van der Waals surface area contributed by atoms with Gasteiger partial charge in [0.15, 0.2) is 0 Å². The van der Waals surface area contributed by atoms with Crippen LogP contribution in [0.5, 0.6) is 0 Å². The van der Waals surface area contributed by atoms with E-state index in [0.29, 0.717) is 5.92 Å². The summed E-state index contributed by atoms with van der Waals surface area (Å²) in [6, 6.07) is 0. The number of hydrogen-bond donors (Lipinski definition) is 1. The molecule has 0 unspecified atom stereocenters. The van der Waals surface area contributed by atoms with Crippen molar-refractivity contribution in [3.8, 4) is 0 Å². The van der Waals surface area contributed by atoms with Gasteiger partial charge in [0.25, 0.3) is 0 Å². The maximum Gasteiger partial charge on any atom is 0.311 e. The van der Waals surface area contributed by atoms with Crippen molar-refractivity contribution in [3.05, 3.63) is 0 Å². The first kappa shape index (κ1) is 13.9. The molecule has 18 heavy (non-hydrogen) atoms. The maximum atomic E-state index is 12.3. The topological polar surface area (TPSA) is 38.3 Å². The fourth-order valence-corrected chi connectivity index (χ4v) is 3.39. The minimum atomic E-state index is -0.364. The smallest absolute Gasteiger partial charge is 0.311 e. The molecule has 1 saturated heterocycles. The van der Waals surface area contributed by atoms with Crippen LogP contribution in [0.15, 0.2) is 0 Å². The van der Waals surface area contributed by atoms with Crippen LogP contribution in [0.4, 0.5) is 0 Å². The van der Waals surface area contributed by atoms with E-state index in [1.54, 1.807) is 0 Å². The summed E-state index contributed by atoms with van der Waals surface area (Å²) in [5.41, 5.74) is -0.364. The number of hydrogen-bond acceptors (Lipinski definition) is 3. The molecule has 1 N–H and O–H groups in total. The maximum absolute atomic E-state index is 12.3. The van der Waals surface area contributed by atoms with Gasteiger partial charge in [-0.1, -0.05) is 32.1 Å². The van der Waals surface area contributed by atoms with Crippen molar-refractivity contribution in [1.82, 2.24) is 5.32 Å². The van der Waals surface area contributed by atoms with Crippen molar-refractivity contribution in [2.24, 2.45) is 17.8 Å². The van der Waals surface area contributed by atoms with Crippen LogP contribution in [0.25, 0.3) is 0 Å². The fourth-order valence-electron chi connectivity index (χ4n) is 3.39. The van der Waals surface area contributed by atoms with Crippen LogP contribution in [-0.4, -0.2) is 24.7 Å². The number of nitrogens with one attached hydrogen (secondary N) is 1. The van der Waals surface area contributed by atoms with Gasteiger partial charge < -0.3 is 10.1 Å². The SMILES string of the molecule is CC(C)(C)OC(=O)[C@@H]1CNC[C@H]1C1CCCCC1. The average molecular weight is 253 g/mol. The molecule has 3 nitrogen and oxygen atoms in total. The molecule has 2 fully saturated rings. The minimum absolute atomic E-state index is 0.00285. The Kier molecular flexibility index (Phi) is 4.31. The van der Waals surface area contributed by atoms with Crippen molar-refractivity contribution >= 4 is 5.97 Å². The molecule has 2 atom stereocenters. The molecule has 3 heteroatoms. The van der Waals surface area contributed by atoms with Gasteiger partial charge in [-0.05, 0) is 39.2 Å². The van der Waals surface area contributed by atoms with Crippen LogP contribution in [0.3, 0.4) is 0 Å². The molecule has 0 bridgehead atoms. The van der Waals surface area contributed by atoms with Gasteiger partial charge in [-0.15, -0.1) is 0 Å². The van der Waals surface area contributed by atoms with E-state index in [1.807, 2.05) is 20.8 Å². The second kappa shape index (κ2) is 5.60. The van der Waals surface area contributed by atoms with Crippen LogP contribution < -0.4 is 5.32 Å². The monoisotopic (exact) mass is 253 g/mol. The predicted octanol–water partition coefficient (Wildman–Crippen LogP) is 2.74. The van der Waals surface area contributed by atoms with E-state index in [-0.39, 0.29) is 17.5 Å². The molecule has 1 heterocycles. The largest absolute Gasteiger partial charge is 0.460 e. The molecule has 104 valence electrons. The number of carbonyl (C=O) groups excluding carboxylic acids is 1. The predicted molar refractivity (Wildman–Crippen MR) is 72.3 cm³/mol. The molecule has 0 amide bonds. The van der Waals surface area contributed by atoms with Gasteiger partial charge in [0, 0.05) is 6.54 Å². The summed E-state index contributed by atoms with van der Waals surface area (Å²) in [4.78, 5) is 12.3. The van der Waals surface area contributed by atoms with Gasteiger partial charge in [0.05, 0.1) is 5.92 Å². The Labute approximate surface area is 111 Å². The third-order valence-electron chi connectivity index (χ3n) is 4.23. The highest BCUT2D eigenvalue weighted by Gasteiger charge is 2.40. The average Bonchev–Trinajstić information content (AvgIpc) is 2.76. The van der Waals surface area contributed by atoms with E-state index >= 15 is 0 Å². The standard InChI is InChI=1S/C15H27NO2/c1-15(2,3)18-14(17)13-10-16-9-12(13)11-7-5-4-6-8-11/h11-13,16H,4-10H2,1-3H3/t12-,13+/m0/s1. The van der Waals surface area contributed by atoms with Crippen LogP contribution in [0.2, 0.25) is 0 Å². The Hall–Kier alpha value is -0.570. The molecule has 2 rings (SSSR count). The summed E-state index contributed by atoms with van der Waals surface area (Å²) in [6.45, 7) is 7.64. The molecule has 0 aromatic carbocycles. The van der Waals surface area contributed by atoms with Crippen molar-refractivity contribution in [1.29, 1.82) is 0 Å². The molecule has 1 saturated carbocycles. The van der Waals surface area contributed by atoms with Crippen molar-refractivity contribution in [2.75, 3.05) is 13.1 Å². The zero-order valence-corrected chi connectivity index (χ0v) is 12.0. The number of ether oxygens (including phenoxy) is 1. The summed E-state index contributed by atoms with van der Waals surface area (Å²) in [5, 5.41) is 3.39. The van der Waals surface area contributed by atoms with Gasteiger partial charge in [-0.2, -0.15) is 0 Å². The van der Waals surface area contributed by atoms with Crippen molar-refractivity contribution in [2.45, 2.75) is 58.5 Å². The van der Waals surface area contributed by atoms with E-state index in [9.17, 15) is 4.79 Å². The molecule has 0 aromatic heterocycles. The molecule has 0 radical (unpaired) electrons. The van der Waals surface area contributed by atoms with E-state index in [2.05, 4.69) is 5.32 Å². The lowest BCUT2D eigenvalue weighted by Gasteiger charge is -2.31. The summed E-state index contributed by atoms with van der Waals surface area (Å²) in [5.74, 6) is 1.31. The first-order valence-electron chi connectivity index (χ1n) is 7.41. The van der Waals surface area contributed by atoms with E-state index in [0.717, 1.165) is 19.0 Å². The Bertz CT molecular complexity index is 289. The van der Waals surface area contributed by atoms with Gasteiger partial charge >= 0.3 is 5.97 Å². The molecular formula is C15H27NO2. The van der Waals surface area contributed by atoms with Gasteiger partial charge in [-0.3, -0.25) is 4.79 Å². The summed E-state index contributed by atoms with van der Waals surface area (Å²) >= 11 is 0. The molecule has 1 aliphatic heterocycles. The third-order valence-corrected chi connectivity index (χ3v) is 4.23. The van der Waals surface area contributed by atoms with Crippen molar-refractivity contribution in [3.63, 3.8) is 0 Å². The summed E-state index contributed by atoms with van der Waals surface area (Å²) in [7, 11) is 0. The van der Waals surface area contributed by atoms with Gasteiger partial charge in [-0.25, -0.2) is 0 Å². The number of rotatable bonds is 2. The van der Waals surface area contributed by atoms with E-state index in [1.165, 1.54) is 32.1 Å². The highest BCUT2D eigenvalue weighted by atomic mass is 16.6. The Morgan fingerprint density at radius 2 is 1.78 bits per heavy atom. The van der Waals surface area contributed by atoms with Crippen LogP contribution in [-0.2, 0) is 9.53 Å². The first-order chi connectivity index (χ1) is 8.47. The highest BCUT2D eigenvalue weighted by molar-refractivity contribution is 5.74. The molecule has 1 aliphatic carbocycles. The summed E-state index contributed by atoms with van der Waals surface area (Å²) < 4.78 is 5.56. The number of carbonyl (C=O) groups is 1.